The summed E-state index contributed by atoms with van der Waals surface area (Å²) < 4.78 is 17.1. The van der Waals surface area contributed by atoms with E-state index in [1.807, 2.05) is 0 Å². The lowest BCUT2D eigenvalue weighted by atomic mass is 10.0. The Morgan fingerprint density at radius 3 is 1.44 bits per heavy atom. The Kier molecular flexibility index (Phi) is 39.5. The average molecular weight is 701 g/mol. The third kappa shape index (κ3) is 38.7. The number of rotatable bonds is 38. The first-order valence-electron chi connectivity index (χ1n) is 21.2. The summed E-state index contributed by atoms with van der Waals surface area (Å²) in [6.07, 6.45) is 48.3. The van der Waals surface area contributed by atoms with E-state index >= 15 is 0 Å². The van der Waals surface area contributed by atoms with Crippen LogP contribution in [0, 0.1) is 0 Å². The van der Waals surface area contributed by atoms with Gasteiger partial charge in [0.05, 0.1) is 6.61 Å². The van der Waals surface area contributed by atoms with Gasteiger partial charge in [0, 0.05) is 19.4 Å². The van der Waals surface area contributed by atoms with Crippen molar-refractivity contribution in [2.75, 3.05) is 19.8 Å². The molecule has 0 aliphatic carbocycles. The van der Waals surface area contributed by atoms with E-state index in [1.165, 1.54) is 96.3 Å². The van der Waals surface area contributed by atoms with Gasteiger partial charge in [-0.3, -0.25) is 9.59 Å². The third-order valence-electron chi connectivity index (χ3n) is 8.88. The summed E-state index contributed by atoms with van der Waals surface area (Å²) in [4.78, 5) is 25.1. The van der Waals surface area contributed by atoms with Gasteiger partial charge in [-0.25, -0.2) is 0 Å². The number of unbranched alkanes of at least 4 members (excludes halogenated alkanes) is 19. The molecule has 0 N–H and O–H groups in total. The number of ether oxygens (including phenoxy) is 3. The van der Waals surface area contributed by atoms with Crippen molar-refractivity contribution in [2.45, 2.75) is 207 Å². The molecule has 0 bridgehead atoms. The molecule has 0 fully saturated rings. The molecule has 0 heterocycles. The van der Waals surface area contributed by atoms with Gasteiger partial charge in [-0.05, 0) is 57.8 Å². The Balaban J connectivity index is 4.21. The van der Waals surface area contributed by atoms with Crippen LogP contribution in [0.15, 0.2) is 48.6 Å². The highest BCUT2D eigenvalue weighted by Crippen LogP contribution is 2.14. The fraction of sp³-hybridized carbons (Fsp3) is 0.778. The molecule has 0 aromatic rings. The Hall–Kier alpha value is -2.14. The quantitative estimate of drug-likeness (QED) is 0.0364. The first kappa shape index (κ1) is 47.9. The van der Waals surface area contributed by atoms with Gasteiger partial charge in [0.25, 0.3) is 0 Å². The normalized spacial score (nSPS) is 12.6. The highest BCUT2D eigenvalue weighted by molar-refractivity contribution is 5.70. The zero-order valence-electron chi connectivity index (χ0n) is 33.2. The monoisotopic (exact) mass is 701 g/mol. The molecule has 5 nitrogen and oxygen atoms in total. The summed E-state index contributed by atoms with van der Waals surface area (Å²) in [7, 11) is 0. The van der Waals surface area contributed by atoms with Gasteiger partial charge in [-0.2, -0.15) is 0 Å². The second kappa shape index (κ2) is 41.3. The number of carbonyl (C=O) groups excluding carboxylic acids is 2. The summed E-state index contributed by atoms with van der Waals surface area (Å²) >= 11 is 0. The highest BCUT2D eigenvalue weighted by Gasteiger charge is 2.17. The van der Waals surface area contributed by atoms with E-state index in [-0.39, 0.29) is 25.2 Å². The summed E-state index contributed by atoms with van der Waals surface area (Å²) in [6, 6.07) is 0. The lowest BCUT2D eigenvalue weighted by Crippen LogP contribution is -2.30. The van der Waals surface area contributed by atoms with Crippen molar-refractivity contribution in [1.29, 1.82) is 0 Å². The van der Waals surface area contributed by atoms with E-state index < -0.39 is 6.10 Å². The Labute approximate surface area is 310 Å². The van der Waals surface area contributed by atoms with Gasteiger partial charge in [0.15, 0.2) is 6.10 Å². The molecule has 0 saturated heterocycles. The lowest BCUT2D eigenvalue weighted by Gasteiger charge is -2.18. The number of carbonyl (C=O) groups is 2. The van der Waals surface area contributed by atoms with Crippen molar-refractivity contribution in [1.82, 2.24) is 0 Å². The molecule has 50 heavy (non-hydrogen) atoms. The molecular weight excluding hydrogens is 620 g/mol. The predicted octanol–water partition coefficient (Wildman–Crippen LogP) is 13.7. The second-order valence-corrected chi connectivity index (χ2v) is 13.9. The molecule has 0 aliphatic heterocycles. The summed E-state index contributed by atoms with van der Waals surface area (Å²) in [5.41, 5.74) is 0. The van der Waals surface area contributed by atoms with Crippen LogP contribution in [0.1, 0.15) is 201 Å². The molecule has 0 saturated carbocycles. The zero-order chi connectivity index (χ0) is 36.4. The molecule has 1 unspecified atom stereocenters. The lowest BCUT2D eigenvalue weighted by molar-refractivity contribution is -0.163. The zero-order valence-corrected chi connectivity index (χ0v) is 33.2. The van der Waals surface area contributed by atoms with Crippen LogP contribution in [0.2, 0.25) is 0 Å². The first-order valence-corrected chi connectivity index (χ1v) is 21.2. The van der Waals surface area contributed by atoms with Crippen molar-refractivity contribution < 1.29 is 23.8 Å². The van der Waals surface area contributed by atoms with E-state index in [0.717, 1.165) is 70.6 Å². The van der Waals surface area contributed by atoms with Crippen LogP contribution in [-0.4, -0.2) is 37.9 Å². The molecule has 0 rings (SSSR count). The van der Waals surface area contributed by atoms with Crippen LogP contribution >= 0.6 is 0 Å². The van der Waals surface area contributed by atoms with Crippen LogP contribution in [0.5, 0.6) is 0 Å². The van der Waals surface area contributed by atoms with Crippen molar-refractivity contribution in [3.63, 3.8) is 0 Å². The minimum Gasteiger partial charge on any atom is -0.462 e. The summed E-state index contributed by atoms with van der Waals surface area (Å²) in [5, 5.41) is 0. The smallest absolute Gasteiger partial charge is 0.306 e. The van der Waals surface area contributed by atoms with Crippen molar-refractivity contribution in [3.8, 4) is 0 Å². The van der Waals surface area contributed by atoms with E-state index in [9.17, 15) is 9.59 Å². The second-order valence-electron chi connectivity index (χ2n) is 13.9. The summed E-state index contributed by atoms with van der Waals surface area (Å²) in [6.45, 7) is 7.63. The molecule has 5 heteroatoms. The fourth-order valence-electron chi connectivity index (χ4n) is 5.73. The van der Waals surface area contributed by atoms with E-state index in [0.29, 0.717) is 19.4 Å². The number of allylic oxidation sites excluding steroid dienone is 8. The minimum atomic E-state index is -0.544. The molecule has 0 amide bonds. The number of hydrogen-bond donors (Lipinski definition) is 0. The topological polar surface area (TPSA) is 61.8 Å². The van der Waals surface area contributed by atoms with Crippen LogP contribution in [-0.2, 0) is 23.8 Å². The van der Waals surface area contributed by atoms with Crippen molar-refractivity contribution in [3.05, 3.63) is 48.6 Å². The van der Waals surface area contributed by atoms with E-state index in [1.54, 1.807) is 0 Å². The standard InChI is InChI=1S/C45H80O5/c1-4-7-10-13-16-18-20-22-23-25-26-28-30-32-35-38-44(46)49-42-43(41-48-40-37-34-15-12-9-6-3)50-45(47)39-36-33-31-29-27-24-21-19-17-14-11-8-5-2/h7,10,16,18,22-23,26,28,43H,4-6,8-9,11-15,17,19-21,24-25,27,29-42H2,1-3H3/b10-7-,18-16-,23-22-,28-26-. The van der Waals surface area contributed by atoms with Gasteiger partial charge in [-0.15, -0.1) is 0 Å². The maximum absolute atomic E-state index is 12.6. The van der Waals surface area contributed by atoms with Crippen LogP contribution in [0.3, 0.4) is 0 Å². The van der Waals surface area contributed by atoms with Crippen LogP contribution < -0.4 is 0 Å². The van der Waals surface area contributed by atoms with Crippen LogP contribution in [0.25, 0.3) is 0 Å². The van der Waals surface area contributed by atoms with Crippen molar-refractivity contribution in [2.24, 2.45) is 0 Å². The van der Waals surface area contributed by atoms with Gasteiger partial charge < -0.3 is 14.2 Å². The van der Waals surface area contributed by atoms with Crippen LogP contribution in [0.4, 0.5) is 0 Å². The molecule has 0 aliphatic rings. The molecule has 290 valence electrons. The predicted molar refractivity (Wildman–Crippen MR) is 215 cm³/mol. The maximum Gasteiger partial charge on any atom is 0.306 e. The van der Waals surface area contributed by atoms with E-state index in [2.05, 4.69) is 69.4 Å². The molecule has 0 aromatic heterocycles. The number of hydrogen-bond acceptors (Lipinski definition) is 5. The third-order valence-corrected chi connectivity index (χ3v) is 8.88. The average Bonchev–Trinajstić information content (AvgIpc) is 3.11. The first-order chi connectivity index (χ1) is 24.6. The van der Waals surface area contributed by atoms with Gasteiger partial charge >= 0.3 is 11.9 Å². The molecular formula is C45H80O5. The van der Waals surface area contributed by atoms with E-state index in [4.69, 9.17) is 14.2 Å². The SMILES string of the molecule is CC/C=C\C/C=C\C/C=C\C/C=C\CCCCC(=O)OCC(COCCCCCCCC)OC(=O)CCCCCCCCCCCCCCC. The fourth-order valence-corrected chi connectivity index (χ4v) is 5.73. The summed E-state index contributed by atoms with van der Waals surface area (Å²) in [5.74, 6) is -0.446. The van der Waals surface area contributed by atoms with Gasteiger partial charge in [-0.1, -0.05) is 179 Å². The maximum atomic E-state index is 12.6. The Bertz CT molecular complexity index is 842. The Morgan fingerprint density at radius 2 is 0.900 bits per heavy atom. The Morgan fingerprint density at radius 1 is 0.460 bits per heavy atom. The highest BCUT2D eigenvalue weighted by atomic mass is 16.6. The molecule has 1 atom stereocenters. The minimum absolute atomic E-state index is 0.0660. The molecule has 0 aromatic carbocycles. The van der Waals surface area contributed by atoms with Crippen molar-refractivity contribution >= 4 is 11.9 Å². The number of esters is 2. The van der Waals surface area contributed by atoms with Gasteiger partial charge in [0.1, 0.15) is 6.61 Å². The molecule has 0 radical (unpaired) electrons. The molecule has 0 spiro atoms. The largest absolute Gasteiger partial charge is 0.462 e. The van der Waals surface area contributed by atoms with Gasteiger partial charge in [0.2, 0.25) is 0 Å².